The molecule has 0 fully saturated rings. The summed E-state index contributed by atoms with van der Waals surface area (Å²) in [5.41, 5.74) is 8.94. The van der Waals surface area contributed by atoms with E-state index in [9.17, 15) is 4.39 Å². The molecule has 0 amide bonds. The Morgan fingerprint density at radius 1 is 1.05 bits per heavy atom. The van der Waals surface area contributed by atoms with Crippen LogP contribution in [0.1, 0.15) is 19.4 Å². The first-order chi connectivity index (χ1) is 9.06. The first kappa shape index (κ1) is 15.3. The van der Waals surface area contributed by atoms with Gasteiger partial charge >= 0.3 is 0 Å². The number of halogens is 2. The van der Waals surface area contributed by atoms with Crippen molar-refractivity contribution < 1.29 is 4.39 Å². The third-order valence-corrected chi connectivity index (χ3v) is 2.78. The molecule has 2 nitrogen and oxygen atoms in total. The van der Waals surface area contributed by atoms with Crippen molar-refractivity contribution in [2.45, 2.75) is 20.8 Å². The fourth-order valence-electron chi connectivity index (χ4n) is 1.49. The van der Waals surface area contributed by atoms with E-state index in [-0.39, 0.29) is 5.02 Å². The molecule has 0 radical (unpaired) electrons. The molecule has 0 atom stereocenters. The molecule has 0 saturated carbocycles. The standard InChI is InChI=1S/C13H12ClFN2.C2H6/c1-8-6-9(3-5-13(8)16)17-10-2-4-11(14)12(15)7-10;1-2/h2-7,17H,16H2,1H3;1-2H3. The Kier molecular flexibility index (Phi) is 5.64. The van der Waals surface area contributed by atoms with Gasteiger partial charge in [-0.15, -0.1) is 0 Å². The molecule has 0 aromatic heterocycles. The SMILES string of the molecule is CC.Cc1cc(Nc2ccc(Cl)c(F)c2)ccc1N. The van der Waals surface area contributed by atoms with Gasteiger partial charge in [0.2, 0.25) is 0 Å². The van der Waals surface area contributed by atoms with Gasteiger partial charge in [0.05, 0.1) is 5.02 Å². The lowest BCUT2D eigenvalue weighted by Crippen LogP contribution is -1.94. The molecule has 2 aromatic carbocycles. The zero-order chi connectivity index (χ0) is 14.4. The summed E-state index contributed by atoms with van der Waals surface area (Å²) < 4.78 is 13.2. The molecular formula is C15H18ClFN2. The molecule has 102 valence electrons. The Hall–Kier alpha value is -1.74. The van der Waals surface area contributed by atoms with Crippen molar-refractivity contribution in [3.05, 3.63) is 52.8 Å². The highest BCUT2D eigenvalue weighted by Gasteiger charge is 2.02. The van der Waals surface area contributed by atoms with Crippen LogP contribution in [-0.4, -0.2) is 0 Å². The van der Waals surface area contributed by atoms with E-state index in [4.69, 9.17) is 17.3 Å². The number of hydrogen-bond acceptors (Lipinski definition) is 2. The number of anilines is 3. The second kappa shape index (κ2) is 7.00. The van der Waals surface area contributed by atoms with Gasteiger partial charge in [0.25, 0.3) is 0 Å². The third kappa shape index (κ3) is 4.14. The first-order valence-electron chi connectivity index (χ1n) is 6.14. The molecule has 0 saturated heterocycles. The highest BCUT2D eigenvalue weighted by molar-refractivity contribution is 6.30. The number of nitrogen functional groups attached to an aromatic ring is 1. The van der Waals surface area contributed by atoms with E-state index in [2.05, 4.69) is 5.32 Å². The molecule has 0 aliphatic carbocycles. The Morgan fingerprint density at radius 2 is 1.63 bits per heavy atom. The zero-order valence-electron chi connectivity index (χ0n) is 11.3. The van der Waals surface area contributed by atoms with E-state index in [1.54, 1.807) is 6.07 Å². The van der Waals surface area contributed by atoms with Gasteiger partial charge in [-0.25, -0.2) is 4.39 Å². The summed E-state index contributed by atoms with van der Waals surface area (Å²) in [7, 11) is 0. The first-order valence-corrected chi connectivity index (χ1v) is 6.52. The second-order valence-corrected chi connectivity index (χ2v) is 4.23. The molecule has 2 aromatic rings. The van der Waals surface area contributed by atoms with Crippen LogP contribution >= 0.6 is 11.6 Å². The van der Waals surface area contributed by atoms with Crippen molar-refractivity contribution in [3.63, 3.8) is 0 Å². The quantitative estimate of drug-likeness (QED) is 0.748. The number of benzene rings is 2. The number of aryl methyl sites for hydroxylation is 1. The van der Waals surface area contributed by atoms with Crippen LogP contribution in [0.25, 0.3) is 0 Å². The molecule has 0 unspecified atom stereocenters. The van der Waals surface area contributed by atoms with E-state index in [1.807, 2.05) is 39.0 Å². The lowest BCUT2D eigenvalue weighted by Gasteiger charge is -2.09. The van der Waals surface area contributed by atoms with Crippen molar-refractivity contribution >= 4 is 28.7 Å². The lowest BCUT2D eigenvalue weighted by molar-refractivity contribution is 0.629. The van der Waals surface area contributed by atoms with Crippen molar-refractivity contribution in [1.82, 2.24) is 0 Å². The van der Waals surface area contributed by atoms with E-state index in [0.717, 1.165) is 16.9 Å². The topological polar surface area (TPSA) is 38.0 Å². The van der Waals surface area contributed by atoms with Gasteiger partial charge in [-0.1, -0.05) is 25.4 Å². The highest BCUT2D eigenvalue weighted by atomic mass is 35.5. The molecule has 3 N–H and O–H groups in total. The second-order valence-electron chi connectivity index (χ2n) is 3.83. The maximum Gasteiger partial charge on any atom is 0.143 e. The molecule has 2 rings (SSSR count). The molecule has 0 aliphatic heterocycles. The zero-order valence-corrected chi connectivity index (χ0v) is 12.1. The Labute approximate surface area is 118 Å². The highest BCUT2D eigenvalue weighted by Crippen LogP contribution is 2.24. The van der Waals surface area contributed by atoms with Crippen LogP contribution in [0.3, 0.4) is 0 Å². The minimum absolute atomic E-state index is 0.115. The lowest BCUT2D eigenvalue weighted by atomic mass is 10.2. The van der Waals surface area contributed by atoms with Gasteiger partial charge in [0, 0.05) is 17.1 Å². The van der Waals surface area contributed by atoms with Crippen LogP contribution in [0, 0.1) is 12.7 Å². The van der Waals surface area contributed by atoms with Crippen LogP contribution in [0.5, 0.6) is 0 Å². The normalized spacial score (nSPS) is 9.53. The smallest absolute Gasteiger partial charge is 0.143 e. The summed E-state index contributed by atoms with van der Waals surface area (Å²) in [6.45, 7) is 5.92. The summed E-state index contributed by atoms with van der Waals surface area (Å²) in [5.74, 6) is -0.441. The summed E-state index contributed by atoms with van der Waals surface area (Å²) >= 11 is 5.61. The molecule has 4 heteroatoms. The van der Waals surface area contributed by atoms with Crippen LogP contribution < -0.4 is 11.1 Å². The Balaban J connectivity index is 0.000000861. The van der Waals surface area contributed by atoms with E-state index in [0.29, 0.717) is 5.69 Å². The summed E-state index contributed by atoms with van der Waals surface area (Å²) in [6, 6.07) is 10.1. The average Bonchev–Trinajstić information content (AvgIpc) is 2.41. The van der Waals surface area contributed by atoms with Gasteiger partial charge in [-0.05, 0) is 48.9 Å². The van der Waals surface area contributed by atoms with Gasteiger partial charge in [0.1, 0.15) is 5.82 Å². The summed E-state index contributed by atoms with van der Waals surface area (Å²) in [4.78, 5) is 0. The van der Waals surface area contributed by atoms with Crippen molar-refractivity contribution in [2.75, 3.05) is 11.1 Å². The summed E-state index contributed by atoms with van der Waals surface area (Å²) in [5, 5.41) is 3.20. The molecule has 0 aliphatic rings. The third-order valence-electron chi connectivity index (χ3n) is 2.48. The number of nitrogens with two attached hydrogens (primary N) is 1. The monoisotopic (exact) mass is 280 g/mol. The van der Waals surface area contributed by atoms with Gasteiger partial charge in [0.15, 0.2) is 0 Å². The minimum Gasteiger partial charge on any atom is -0.399 e. The molecule has 0 bridgehead atoms. The van der Waals surface area contributed by atoms with Crippen LogP contribution in [0.15, 0.2) is 36.4 Å². The van der Waals surface area contributed by atoms with Crippen molar-refractivity contribution in [1.29, 1.82) is 0 Å². The molecule has 19 heavy (non-hydrogen) atoms. The van der Waals surface area contributed by atoms with E-state index < -0.39 is 5.82 Å². The maximum absolute atomic E-state index is 13.2. The number of nitrogens with one attached hydrogen (secondary N) is 1. The van der Waals surface area contributed by atoms with Gasteiger partial charge in [-0.2, -0.15) is 0 Å². The average molecular weight is 281 g/mol. The number of hydrogen-bond donors (Lipinski definition) is 2. The predicted octanol–water partition coefficient (Wildman–Crippen LogP) is 5.14. The van der Waals surface area contributed by atoms with Crippen molar-refractivity contribution in [2.24, 2.45) is 0 Å². The molecule has 0 spiro atoms. The Morgan fingerprint density at radius 3 is 2.21 bits per heavy atom. The van der Waals surface area contributed by atoms with Crippen molar-refractivity contribution in [3.8, 4) is 0 Å². The fourth-order valence-corrected chi connectivity index (χ4v) is 1.61. The maximum atomic E-state index is 13.2. The van der Waals surface area contributed by atoms with Gasteiger partial charge in [-0.3, -0.25) is 0 Å². The largest absolute Gasteiger partial charge is 0.399 e. The fraction of sp³-hybridized carbons (Fsp3) is 0.200. The Bertz CT molecular complexity index is 506. The molecular weight excluding hydrogens is 263 g/mol. The van der Waals surface area contributed by atoms with Crippen LogP contribution in [0.2, 0.25) is 5.02 Å². The predicted molar refractivity (Wildman–Crippen MR) is 81.6 cm³/mol. The van der Waals surface area contributed by atoms with Crippen LogP contribution in [-0.2, 0) is 0 Å². The minimum atomic E-state index is -0.441. The molecule has 0 heterocycles. The summed E-state index contributed by atoms with van der Waals surface area (Å²) in [6.07, 6.45) is 0. The van der Waals surface area contributed by atoms with Crippen LogP contribution in [0.4, 0.5) is 21.5 Å². The number of rotatable bonds is 2. The van der Waals surface area contributed by atoms with E-state index in [1.165, 1.54) is 12.1 Å². The van der Waals surface area contributed by atoms with Gasteiger partial charge < -0.3 is 11.1 Å². The van der Waals surface area contributed by atoms with E-state index >= 15 is 0 Å².